The minimum atomic E-state index is -1.15. The van der Waals surface area contributed by atoms with Gasteiger partial charge >= 0.3 is 0 Å². The molecule has 2 rings (SSSR count). The predicted molar refractivity (Wildman–Crippen MR) is 94.5 cm³/mol. The van der Waals surface area contributed by atoms with E-state index in [0.717, 1.165) is 23.8 Å². The first kappa shape index (κ1) is 19.6. The van der Waals surface area contributed by atoms with Gasteiger partial charge in [0.2, 0.25) is 0 Å². The Morgan fingerprint density at radius 1 is 1.04 bits per heavy atom. The van der Waals surface area contributed by atoms with Crippen LogP contribution < -0.4 is 10.1 Å². The number of halogens is 2. The summed E-state index contributed by atoms with van der Waals surface area (Å²) in [6, 6.07) is 8.06. The molecule has 0 atom stereocenters. The Balaban J connectivity index is 2.33. The van der Waals surface area contributed by atoms with Crippen LogP contribution in [0.5, 0.6) is 5.75 Å². The van der Waals surface area contributed by atoms with Gasteiger partial charge in [-0.3, -0.25) is 14.9 Å². The second-order valence-electron chi connectivity index (χ2n) is 6.77. The van der Waals surface area contributed by atoms with E-state index in [2.05, 4.69) is 0 Å². The molecule has 0 aromatic heterocycles. The van der Waals surface area contributed by atoms with Crippen molar-refractivity contribution in [3.8, 4) is 5.75 Å². The summed E-state index contributed by atoms with van der Waals surface area (Å²) in [6.07, 6.45) is 0. The van der Waals surface area contributed by atoms with E-state index < -0.39 is 29.0 Å². The van der Waals surface area contributed by atoms with Gasteiger partial charge in [-0.05, 0) is 42.2 Å². The Kier molecular flexibility index (Phi) is 5.75. The summed E-state index contributed by atoms with van der Waals surface area (Å²) in [5.41, 5.74) is 0.103. The van der Waals surface area contributed by atoms with Gasteiger partial charge in [0.15, 0.2) is 0 Å². The highest BCUT2D eigenvalue weighted by molar-refractivity contribution is 6.11. The second-order valence-corrected chi connectivity index (χ2v) is 6.77. The van der Waals surface area contributed by atoms with Crippen LogP contribution >= 0.6 is 0 Å². The van der Waals surface area contributed by atoms with E-state index in [1.807, 2.05) is 26.1 Å². The second kappa shape index (κ2) is 7.64. The van der Waals surface area contributed by atoms with Crippen molar-refractivity contribution < 1.29 is 23.1 Å². The zero-order chi connectivity index (χ0) is 19.5. The molecule has 0 bridgehead atoms. The van der Waals surface area contributed by atoms with Crippen molar-refractivity contribution in [2.24, 2.45) is 0 Å². The molecule has 2 aromatic carbocycles. The molecular formula is C20H21F2NO3. The van der Waals surface area contributed by atoms with Gasteiger partial charge in [-0.15, -0.1) is 0 Å². The molecule has 0 radical (unpaired) electrons. The topological polar surface area (TPSA) is 55.4 Å². The molecule has 0 heterocycles. The van der Waals surface area contributed by atoms with E-state index in [9.17, 15) is 18.4 Å². The maximum Gasteiger partial charge on any atom is 0.264 e. The number of hydrogen-bond acceptors (Lipinski definition) is 3. The number of imide groups is 1. The van der Waals surface area contributed by atoms with Crippen molar-refractivity contribution in [3.63, 3.8) is 0 Å². The standard InChI is InChI=1S/C20H21F2NO3/c1-5-26-16-11-12(20(2,3)4)9-10-13(16)18(24)23-19(25)17-14(21)7-6-8-15(17)22/h6-11H,5H2,1-4H3,(H,23,24,25). The van der Waals surface area contributed by atoms with E-state index >= 15 is 0 Å². The molecule has 0 aliphatic carbocycles. The van der Waals surface area contributed by atoms with Crippen molar-refractivity contribution in [1.82, 2.24) is 5.32 Å². The highest BCUT2D eigenvalue weighted by Gasteiger charge is 2.23. The summed E-state index contributed by atoms with van der Waals surface area (Å²) in [5.74, 6) is -3.71. The highest BCUT2D eigenvalue weighted by atomic mass is 19.1. The van der Waals surface area contributed by atoms with Crippen LogP contribution in [0.4, 0.5) is 8.78 Å². The van der Waals surface area contributed by atoms with Crippen LogP contribution in [0.1, 0.15) is 54.0 Å². The fourth-order valence-electron chi connectivity index (χ4n) is 2.40. The third kappa shape index (κ3) is 4.25. The van der Waals surface area contributed by atoms with E-state index in [-0.39, 0.29) is 11.0 Å². The van der Waals surface area contributed by atoms with Crippen molar-refractivity contribution in [2.45, 2.75) is 33.1 Å². The zero-order valence-corrected chi connectivity index (χ0v) is 15.2. The number of amides is 2. The molecule has 26 heavy (non-hydrogen) atoms. The molecule has 0 saturated heterocycles. The minimum Gasteiger partial charge on any atom is -0.493 e. The first-order chi connectivity index (χ1) is 12.1. The Morgan fingerprint density at radius 2 is 1.65 bits per heavy atom. The van der Waals surface area contributed by atoms with Crippen LogP contribution in [-0.4, -0.2) is 18.4 Å². The van der Waals surface area contributed by atoms with Gasteiger partial charge in [-0.25, -0.2) is 8.78 Å². The molecule has 0 aliphatic rings. The van der Waals surface area contributed by atoms with Crippen LogP contribution in [0, 0.1) is 11.6 Å². The number of carbonyl (C=O) groups excluding carboxylic acids is 2. The van der Waals surface area contributed by atoms with Gasteiger partial charge < -0.3 is 4.74 Å². The number of rotatable bonds is 4. The van der Waals surface area contributed by atoms with E-state index in [1.54, 1.807) is 19.1 Å². The summed E-state index contributed by atoms with van der Waals surface area (Å²) in [4.78, 5) is 24.6. The van der Waals surface area contributed by atoms with E-state index in [1.165, 1.54) is 6.07 Å². The molecule has 138 valence electrons. The molecule has 0 spiro atoms. The first-order valence-corrected chi connectivity index (χ1v) is 8.22. The van der Waals surface area contributed by atoms with Crippen LogP contribution in [0.2, 0.25) is 0 Å². The normalized spacial score (nSPS) is 11.2. The van der Waals surface area contributed by atoms with Gasteiger partial charge in [0.05, 0.1) is 12.2 Å². The van der Waals surface area contributed by atoms with Gasteiger partial charge in [-0.1, -0.05) is 32.9 Å². The summed E-state index contributed by atoms with van der Waals surface area (Å²) < 4.78 is 32.9. The van der Waals surface area contributed by atoms with Crippen LogP contribution in [-0.2, 0) is 5.41 Å². The Labute approximate surface area is 151 Å². The van der Waals surface area contributed by atoms with Gasteiger partial charge in [0, 0.05) is 0 Å². The lowest BCUT2D eigenvalue weighted by molar-refractivity contribution is 0.0843. The Bertz CT molecular complexity index is 821. The highest BCUT2D eigenvalue weighted by Crippen LogP contribution is 2.29. The van der Waals surface area contributed by atoms with Crippen molar-refractivity contribution in [3.05, 3.63) is 64.7 Å². The average molecular weight is 361 g/mol. The van der Waals surface area contributed by atoms with E-state index in [4.69, 9.17) is 4.74 Å². The SMILES string of the molecule is CCOc1cc(C(C)(C)C)ccc1C(=O)NC(=O)c1c(F)cccc1F. The molecule has 2 amide bonds. The van der Waals surface area contributed by atoms with Crippen molar-refractivity contribution in [1.29, 1.82) is 0 Å². The number of ether oxygens (including phenoxy) is 1. The van der Waals surface area contributed by atoms with Crippen molar-refractivity contribution >= 4 is 11.8 Å². The average Bonchev–Trinajstić information content (AvgIpc) is 2.54. The third-order valence-electron chi connectivity index (χ3n) is 3.81. The molecule has 6 heteroatoms. The molecule has 0 aliphatic heterocycles. The molecule has 1 N–H and O–H groups in total. The lowest BCUT2D eigenvalue weighted by Crippen LogP contribution is -2.32. The molecule has 0 saturated carbocycles. The monoisotopic (exact) mass is 361 g/mol. The summed E-state index contributed by atoms with van der Waals surface area (Å²) >= 11 is 0. The van der Waals surface area contributed by atoms with Crippen LogP contribution in [0.25, 0.3) is 0 Å². The molecule has 2 aromatic rings. The maximum atomic E-state index is 13.7. The van der Waals surface area contributed by atoms with Gasteiger partial charge in [0.25, 0.3) is 11.8 Å². The zero-order valence-electron chi connectivity index (χ0n) is 15.2. The maximum absolute atomic E-state index is 13.7. The quantitative estimate of drug-likeness (QED) is 0.829. The fraction of sp³-hybridized carbons (Fsp3) is 0.300. The minimum absolute atomic E-state index is 0.116. The van der Waals surface area contributed by atoms with Crippen LogP contribution in [0.15, 0.2) is 36.4 Å². The lowest BCUT2D eigenvalue weighted by atomic mass is 9.86. The van der Waals surface area contributed by atoms with Crippen molar-refractivity contribution in [2.75, 3.05) is 6.61 Å². The number of carbonyl (C=O) groups is 2. The Morgan fingerprint density at radius 3 is 2.19 bits per heavy atom. The summed E-state index contributed by atoms with van der Waals surface area (Å²) in [7, 11) is 0. The number of nitrogens with one attached hydrogen (secondary N) is 1. The predicted octanol–water partition coefficient (Wildman–Crippen LogP) is 4.23. The molecule has 0 fully saturated rings. The van der Waals surface area contributed by atoms with Gasteiger partial charge in [0.1, 0.15) is 22.9 Å². The third-order valence-corrected chi connectivity index (χ3v) is 3.81. The lowest BCUT2D eigenvalue weighted by Gasteiger charge is -2.21. The smallest absolute Gasteiger partial charge is 0.264 e. The number of benzene rings is 2. The van der Waals surface area contributed by atoms with Crippen LogP contribution in [0.3, 0.4) is 0 Å². The molecule has 4 nitrogen and oxygen atoms in total. The number of hydrogen-bond donors (Lipinski definition) is 1. The summed E-state index contributed by atoms with van der Waals surface area (Å²) in [6.45, 7) is 8.14. The molecule has 0 unspecified atom stereocenters. The van der Waals surface area contributed by atoms with E-state index in [0.29, 0.717) is 12.4 Å². The summed E-state index contributed by atoms with van der Waals surface area (Å²) in [5, 5.41) is 2.01. The first-order valence-electron chi connectivity index (χ1n) is 8.22. The Hall–Kier alpha value is -2.76. The fourth-order valence-corrected chi connectivity index (χ4v) is 2.40. The molecular weight excluding hydrogens is 340 g/mol. The largest absolute Gasteiger partial charge is 0.493 e. The van der Waals surface area contributed by atoms with Gasteiger partial charge in [-0.2, -0.15) is 0 Å².